The lowest BCUT2D eigenvalue weighted by Gasteiger charge is -1.97. The van der Waals surface area contributed by atoms with Crippen molar-refractivity contribution in [1.29, 1.82) is 0 Å². The maximum Gasteiger partial charge on any atom is 0.354 e. The summed E-state index contributed by atoms with van der Waals surface area (Å²) in [7, 11) is 0. The Labute approximate surface area is 94.7 Å². The van der Waals surface area contributed by atoms with Crippen LogP contribution in [0.3, 0.4) is 0 Å². The summed E-state index contributed by atoms with van der Waals surface area (Å²) in [6.45, 7) is 1.69. The lowest BCUT2D eigenvalue weighted by molar-refractivity contribution is 0.0690. The molecule has 0 atom stereocenters. The van der Waals surface area contributed by atoms with E-state index < -0.39 is 5.97 Å². The zero-order chi connectivity index (χ0) is 11.5. The Bertz CT molecular complexity index is 526. The second-order valence-corrected chi connectivity index (χ2v) is 3.90. The molecular formula is C9H7N3O3S. The third-order valence-corrected chi connectivity index (χ3v) is 2.49. The molecule has 0 amide bonds. The molecule has 2 heterocycles. The van der Waals surface area contributed by atoms with Gasteiger partial charge in [0.25, 0.3) is 5.22 Å². The average molecular weight is 237 g/mol. The van der Waals surface area contributed by atoms with E-state index in [-0.39, 0.29) is 5.69 Å². The maximum absolute atomic E-state index is 10.7. The molecule has 2 rings (SSSR count). The number of aryl methyl sites for hydroxylation is 1. The normalized spacial score (nSPS) is 10.3. The van der Waals surface area contributed by atoms with E-state index in [1.807, 2.05) is 0 Å². The van der Waals surface area contributed by atoms with E-state index in [0.29, 0.717) is 16.0 Å². The lowest BCUT2D eigenvalue weighted by atomic mass is 10.4. The third kappa shape index (κ3) is 2.37. The van der Waals surface area contributed by atoms with Crippen LogP contribution in [0.4, 0.5) is 0 Å². The minimum Gasteiger partial charge on any atom is -0.477 e. The Hall–Kier alpha value is -1.89. The summed E-state index contributed by atoms with van der Waals surface area (Å²) in [6.07, 6.45) is 1.43. The highest BCUT2D eigenvalue weighted by atomic mass is 32.2. The van der Waals surface area contributed by atoms with Gasteiger partial charge in [-0.15, -0.1) is 10.2 Å². The van der Waals surface area contributed by atoms with Crippen LogP contribution < -0.4 is 0 Å². The number of aromatic nitrogens is 3. The molecule has 2 aromatic heterocycles. The van der Waals surface area contributed by atoms with Crippen LogP contribution in [0.25, 0.3) is 0 Å². The predicted octanol–water partition coefficient (Wildman–Crippen LogP) is 1.62. The largest absolute Gasteiger partial charge is 0.477 e. The molecule has 0 saturated heterocycles. The van der Waals surface area contributed by atoms with Gasteiger partial charge in [0.2, 0.25) is 5.89 Å². The number of carboxylic acids is 1. The highest BCUT2D eigenvalue weighted by Crippen LogP contribution is 2.26. The van der Waals surface area contributed by atoms with Crippen molar-refractivity contribution >= 4 is 17.7 Å². The van der Waals surface area contributed by atoms with Crippen molar-refractivity contribution < 1.29 is 14.3 Å². The van der Waals surface area contributed by atoms with Crippen LogP contribution in [-0.2, 0) is 0 Å². The summed E-state index contributed by atoms with van der Waals surface area (Å²) in [6, 6.07) is 3.13. The fourth-order valence-corrected chi connectivity index (χ4v) is 1.76. The Kier molecular flexibility index (Phi) is 2.86. The van der Waals surface area contributed by atoms with Gasteiger partial charge in [-0.05, 0) is 23.9 Å². The SMILES string of the molecule is Cc1nnc(Sc2ccnc(C(=O)O)c2)o1. The van der Waals surface area contributed by atoms with Gasteiger partial charge in [-0.1, -0.05) is 0 Å². The Morgan fingerprint density at radius 2 is 2.31 bits per heavy atom. The number of pyridine rings is 1. The second kappa shape index (κ2) is 4.31. The van der Waals surface area contributed by atoms with Gasteiger partial charge in [0, 0.05) is 18.0 Å². The van der Waals surface area contributed by atoms with Crippen molar-refractivity contribution in [2.75, 3.05) is 0 Å². The molecule has 0 aliphatic carbocycles. The van der Waals surface area contributed by atoms with Crippen LogP contribution >= 0.6 is 11.8 Å². The maximum atomic E-state index is 10.7. The van der Waals surface area contributed by atoms with Crippen molar-refractivity contribution in [3.63, 3.8) is 0 Å². The van der Waals surface area contributed by atoms with Gasteiger partial charge in [0.15, 0.2) is 0 Å². The van der Waals surface area contributed by atoms with Crippen molar-refractivity contribution in [3.05, 3.63) is 29.9 Å². The second-order valence-electron chi connectivity index (χ2n) is 2.87. The van der Waals surface area contributed by atoms with Crippen LogP contribution in [0.15, 0.2) is 32.9 Å². The molecule has 0 spiro atoms. The Balaban J connectivity index is 2.21. The summed E-state index contributed by atoms with van der Waals surface area (Å²) in [5.41, 5.74) is -0.0127. The molecule has 6 nitrogen and oxygen atoms in total. The molecule has 0 aliphatic heterocycles. The molecular weight excluding hydrogens is 230 g/mol. The van der Waals surface area contributed by atoms with Crippen LogP contribution in [0.5, 0.6) is 0 Å². The molecule has 1 N–H and O–H groups in total. The van der Waals surface area contributed by atoms with Gasteiger partial charge < -0.3 is 9.52 Å². The highest BCUT2D eigenvalue weighted by Gasteiger charge is 2.08. The summed E-state index contributed by atoms with van der Waals surface area (Å²) in [5.74, 6) is -0.598. The van der Waals surface area contributed by atoms with Crippen molar-refractivity contribution in [1.82, 2.24) is 15.2 Å². The first-order valence-electron chi connectivity index (χ1n) is 4.32. The minimum atomic E-state index is -1.07. The number of hydrogen-bond donors (Lipinski definition) is 1. The summed E-state index contributed by atoms with van der Waals surface area (Å²) >= 11 is 1.20. The van der Waals surface area contributed by atoms with Crippen molar-refractivity contribution in [2.24, 2.45) is 0 Å². The van der Waals surface area contributed by atoms with Gasteiger partial charge in [-0.2, -0.15) is 0 Å². The van der Waals surface area contributed by atoms with Crippen molar-refractivity contribution in [3.8, 4) is 0 Å². The average Bonchev–Trinajstić information content (AvgIpc) is 2.64. The van der Waals surface area contributed by atoms with Crippen LogP contribution in [0, 0.1) is 6.92 Å². The number of hydrogen-bond acceptors (Lipinski definition) is 6. The first kappa shape index (κ1) is 10.6. The minimum absolute atomic E-state index is 0.0127. The lowest BCUT2D eigenvalue weighted by Crippen LogP contribution is -1.99. The first-order valence-corrected chi connectivity index (χ1v) is 5.14. The molecule has 0 fully saturated rings. The number of rotatable bonds is 3. The number of nitrogens with zero attached hydrogens (tertiary/aromatic N) is 3. The predicted molar refractivity (Wildman–Crippen MR) is 54.4 cm³/mol. The molecule has 0 aromatic carbocycles. The monoisotopic (exact) mass is 237 g/mol. The molecule has 7 heteroatoms. The number of carbonyl (C=O) groups is 1. The molecule has 2 aromatic rings. The molecule has 16 heavy (non-hydrogen) atoms. The summed E-state index contributed by atoms with van der Waals surface area (Å²) in [5, 5.41) is 16.6. The first-order chi connectivity index (χ1) is 7.65. The van der Waals surface area contributed by atoms with E-state index in [9.17, 15) is 4.79 Å². The van der Waals surface area contributed by atoms with Gasteiger partial charge >= 0.3 is 5.97 Å². The van der Waals surface area contributed by atoms with Crippen LogP contribution in [-0.4, -0.2) is 26.3 Å². The third-order valence-electron chi connectivity index (χ3n) is 1.66. The molecule has 0 aliphatic rings. The quantitative estimate of drug-likeness (QED) is 0.867. The van der Waals surface area contributed by atoms with E-state index in [2.05, 4.69) is 15.2 Å². The fraction of sp³-hybridized carbons (Fsp3) is 0.111. The molecule has 0 saturated carbocycles. The topological polar surface area (TPSA) is 89.1 Å². The van der Waals surface area contributed by atoms with Gasteiger partial charge in [-0.3, -0.25) is 0 Å². The number of aromatic carboxylic acids is 1. The molecule has 0 radical (unpaired) electrons. The van der Waals surface area contributed by atoms with Crippen molar-refractivity contribution in [2.45, 2.75) is 17.0 Å². The van der Waals surface area contributed by atoms with Gasteiger partial charge in [0.1, 0.15) is 5.69 Å². The summed E-state index contributed by atoms with van der Waals surface area (Å²) in [4.78, 5) is 15.1. The van der Waals surface area contributed by atoms with E-state index >= 15 is 0 Å². The zero-order valence-corrected chi connectivity index (χ0v) is 9.06. The fourth-order valence-electron chi connectivity index (χ4n) is 1.01. The van der Waals surface area contributed by atoms with Gasteiger partial charge in [0.05, 0.1) is 0 Å². The standard InChI is InChI=1S/C9H7N3O3S/c1-5-11-12-9(15-5)16-6-2-3-10-7(4-6)8(13)14/h2-4H,1H3,(H,13,14). The highest BCUT2D eigenvalue weighted by molar-refractivity contribution is 7.99. The summed E-state index contributed by atoms with van der Waals surface area (Å²) < 4.78 is 5.16. The molecule has 82 valence electrons. The zero-order valence-electron chi connectivity index (χ0n) is 8.25. The smallest absolute Gasteiger partial charge is 0.354 e. The van der Waals surface area contributed by atoms with Gasteiger partial charge in [-0.25, -0.2) is 9.78 Å². The Morgan fingerprint density at radius 1 is 1.50 bits per heavy atom. The van der Waals surface area contributed by atoms with Crippen LogP contribution in [0.1, 0.15) is 16.4 Å². The van der Waals surface area contributed by atoms with E-state index in [1.54, 1.807) is 13.0 Å². The molecule has 0 unspecified atom stereocenters. The van der Waals surface area contributed by atoms with E-state index in [4.69, 9.17) is 9.52 Å². The molecule has 0 bridgehead atoms. The van der Waals surface area contributed by atoms with E-state index in [0.717, 1.165) is 0 Å². The number of carboxylic acid groups (broad SMARTS) is 1. The van der Waals surface area contributed by atoms with Crippen LogP contribution in [0.2, 0.25) is 0 Å². The van der Waals surface area contributed by atoms with E-state index in [1.165, 1.54) is 24.0 Å². The Morgan fingerprint density at radius 3 is 2.94 bits per heavy atom.